The number of ketones is 1. The number of benzene rings is 1. The Hall–Kier alpha value is -1.34. The average Bonchev–Trinajstić information content (AvgIpc) is 2.27. The zero-order valence-electron chi connectivity index (χ0n) is 8.50. The molecule has 0 spiro atoms. The molecule has 3 nitrogen and oxygen atoms in total. The summed E-state index contributed by atoms with van der Waals surface area (Å²) in [7, 11) is 1.46. The van der Waals surface area contributed by atoms with Crippen molar-refractivity contribution in [1.82, 2.24) is 0 Å². The Morgan fingerprint density at radius 2 is 2.27 bits per heavy atom. The summed E-state index contributed by atoms with van der Waals surface area (Å²) in [5, 5.41) is 9.18. The van der Waals surface area contributed by atoms with Crippen molar-refractivity contribution >= 4 is 21.7 Å². The van der Waals surface area contributed by atoms with E-state index in [-0.39, 0.29) is 11.1 Å². The summed E-state index contributed by atoms with van der Waals surface area (Å²) in [6.45, 7) is 1.81. The van der Waals surface area contributed by atoms with Crippen LogP contribution in [-0.4, -0.2) is 18.2 Å². The summed E-state index contributed by atoms with van der Waals surface area (Å²) >= 11 is 3.09. The molecule has 0 unspecified atom stereocenters. The Morgan fingerprint density at radius 1 is 1.60 bits per heavy atom. The predicted molar refractivity (Wildman–Crippen MR) is 60.6 cm³/mol. The number of aryl methyl sites for hydroxylation is 1. The first-order chi connectivity index (χ1) is 7.15. The number of nitrogens with zero attached hydrogens (tertiary/aromatic N) is 1. The number of rotatable bonds is 3. The number of hydrogen-bond acceptors (Lipinski definition) is 3. The van der Waals surface area contributed by atoms with E-state index in [4.69, 9.17) is 10.00 Å². The van der Waals surface area contributed by atoms with Gasteiger partial charge in [0.25, 0.3) is 0 Å². The van der Waals surface area contributed by atoms with Crippen LogP contribution in [0.4, 0.5) is 0 Å². The van der Waals surface area contributed by atoms with Crippen LogP contribution in [0.3, 0.4) is 0 Å². The van der Waals surface area contributed by atoms with E-state index < -0.39 is 0 Å². The molecule has 0 aliphatic rings. The minimum atomic E-state index is -0.0941. The van der Waals surface area contributed by atoms with Gasteiger partial charge in [0.1, 0.15) is 11.8 Å². The lowest BCUT2D eigenvalue weighted by Gasteiger charge is -2.09. The first-order valence-corrected chi connectivity index (χ1v) is 5.44. The fraction of sp³-hybridized carbons (Fsp3) is 0.273. The lowest BCUT2D eigenvalue weighted by atomic mass is 10.0. The van der Waals surface area contributed by atoms with Crippen LogP contribution in [0, 0.1) is 18.3 Å². The van der Waals surface area contributed by atoms with Gasteiger partial charge in [0.2, 0.25) is 0 Å². The van der Waals surface area contributed by atoms with E-state index in [2.05, 4.69) is 15.9 Å². The second-order valence-electron chi connectivity index (χ2n) is 3.01. The van der Waals surface area contributed by atoms with Crippen molar-refractivity contribution in [2.75, 3.05) is 12.4 Å². The SMILES string of the molecule is COc1c(C(=O)CBr)ccc(C)c1C#N. The van der Waals surface area contributed by atoms with Crippen LogP contribution in [-0.2, 0) is 0 Å². The number of carbonyl (C=O) groups excluding carboxylic acids is 1. The molecule has 78 valence electrons. The standard InChI is InChI=1S/C11H10BrNO2/c1-7-3-4-8(10(14)5-12)11(15-2)9(7)6-13/h3-4H,5H2,1-2H3. The fourth-order valence-corrected chi connectivity index (χ4v) is 1.63. The molecular formula is C11H10BrNO2. The highest BCUT2D eigenvalue weighted by molar-refractivity contribution is 9.09. The molecule has 15 heavy (non-hydrogen) atoms. The molecule has 0 aliphatic carbocycles. The van der Waals surface area contributed by atoms with Crippen molar-refractivity contribution < 1.29 is 9.53 Å². The van der Waals surface area contributed by atoms with Crippen molar-refractivity contribution in [1.29, 1.82) is 5.26 Å². The highest BCUT2D eigenvalue weighted by atomic mass is 79.9. The lowest BCUT2D eigenvalue weighted by molar-refractivity contribution is 0.102. The summed E-state index contributed by atoms with van der Waals surface area (Å²) in [6.07, 6.45) is 0. The molecule has 0 aromatic heterocycles. The Labute approximate surface area is 96.8 Å². The maximum atomic E-state index is 11.5. The molecular weight excluding hydrogens is 258 g/mol. The number of Topliss-reactive ketones (excluding diaryl/α,β-unsaturated/α-hetero) is 1. The molecule has 0 aliphatic heterocycles. The number of halogens is 1. The molecule has 1 aromatic rings. The molecule has 1 rings (SSSR count). The summed E-state index contributed by atoms with van der Waals surface area (Å²) < 4.78 is 5.11. The third-order valence-electron chi connectivity index (χ3n) is 2.10. The molecule has 0 saturated heterocycles. The Balaban J connectivity index is 3.43. The monoisotopic (exact) mass is 267 g/mol. The van der Waals surface area contributed by atoms with E-state index in [1.807, 2.05) is 13.0 Å². The second-order valence-corrected chi connectivity index (χ2v) is 3.57. The van der Waals surface area contributed by atoms with Gasteiger partial charge in [0.15, 0.2) is 5.78 Å². The third kappa shape index (κ3) is 2.18. The van der Waals surface area contributed by atoms with Gasteiger partial charge >= 0.3 is 0 Å². The zero-order chi connectivity index (χ0) is 11.4. The number of methoxy groups -OCH3 is 1. The van der Waals surface area contributed by atoms with Crippen LogP contribution in [0.15, 0.2) is 12.1 Å². The Kier molecular flexibility index (Phi) is 3.87. The molecule has 0 bridgehead atoms. The minimum Gasteiger partial charge on any atom is -0.495 e. The van der Waals surface area contributed by atoms with Crippen molar-refractivity contribution in [2.45, 2.75) is 6.92 Å². The molecule has 0 saturated carbocycles. The number of carbonyl (C=O) groups is 1. The van der Waals surface area contributed by atoms with Crippen LogP contribution >= 0.6 is 15.9 Å². The molecule has 0 fully saturated rings. The van der Waals surface area contributed by atoms with Gasteiger partial charge in [-0.2, -0.15) is 5.26 Å². The van der Waals surface area contributed by atoms with Crippen LogP contribution in [0.5, 0.6) is 5.75 Å². The highest BCUT2D eigenvalue weighted by Gasteiger charge is 2.16. The smallest absolute Gasteiger partial charge is 0.177 e. The van der Waals surface area contributed by atoms with E-state index in [0.29, 0.717) is 16.9 Å². The molecule has 1 aromatic carbocycles. The molecule has 0 atom stereocenters. The van der Waals surface area contributed by atoms with Crippen molar-refractivity contribution in [3.63, 3.8) is 0 Å². The maximum Gasteiger partial charge on any atom is 0.177 e. The zero-order valence-corrected chi connectivity index (χ0v) is 10.1. The number of nitriles is 1. The fourth-order valence-electron chi connectivity index (χ4n) is 1.32. The molecule has 0 radical (unpaired) electrons. The highest BCUT2D eigenvalue weighted by Crippen LogP contribution is 2.26. The lowest BCUT2D eigenvalue weighted by Crippen LogP contribution is -2.05. The normalized spacial score (nSPS) is 9.47. The van der Waals surface area contributed by atoms with E-state index in [1.54, 1.807) is 12.1 Å². The van der Waals surface area contributed by atoms with Crippen molar-refractivity contribution in [3.05, 3.63) is 28.8 Å². The molecule has 0 heterocycles. The third-order valence-corrected chi connectivity index (χ3v) is 2.61. The first kappa shape index (κ1) is 11.7. The van der Waals surface area contributed by atoms with Crippen LogP contribution in [0.2, 0.25) is 0 Å². The van der Waals surface area contributed by atoms with Gasteiger partial charge < -0.3 is 4.74 Å². The van der Waals surface area contributed by atoms with E-state index in [0.717, 1.165) is 5.56 Å². The minimum absolute atomic E-state index is 0.0941. The van der Waals surface area contributed by atoms with Crippen LogP contribution in [0.1, 0.15) is 21.5 Å². The van der Waals surface area contributed by atoms with Crippen LogP contribution in [0.25, 0.3) is 0 Å². The predicted octanol–water partition coefficient (Wildman–Crippen LogP) is 2.45. The van der Waals surface area contributed by atoms with E-state index in [9.17, 15) is 4.79 Å². The largest absolute Gasteiger partial charge is 0.495 e. The second kappa shape index (κ2) is 4.94. The molecule has 4 heteroatoms. The quantitative estimate of drug-likeness (QED) is 0.625. The molecule has 0 N–H and O–H groups in total. The van der Waals surface area contributed by atoms with Gasteiger partial charge in [-0.05, 0) is 18.6 Å². The van der Waals surface area contributed by atoms with Crippen molar-refractivity contribution in [3.8, 4) is 11.8 Å². The summed E-state index contributed by atoms with van der Waals surface area (Å²) in [5.74, 6) is 0.269. The maximum absolute atomic E-state index is 11.5. The average molecular weight is 268 g/mol. The first-order valence-electron chi connectivity index (χ1n) is 4.32. The summed E-state index contributed by atoms with van der Waals surface area (Å²) in [5.41, 5.74) is 1.67. The molecule has 0 amide bonds. The Bertz CT molecular complexity index is 435. The van der Waals surface area contributed by atoms with Gasteiger partial charge in [-0.1, -0.05) is 22.0 Å². The van der Waals surface area contributed by atoms with Gasteiger partial charge in [-0.3, -0.25) is 4.79 Å². The number of ether oxygens (including phenoxy) is 1. The van der Waals surface area contributed by atoms with Gasteiger partial charge in [-0.15, -0.1) is 0 Å². The number of alkyl halides is 1. The summed E-state index contributed by atoms with van der Waals surface area (Å²) in [6, 6.07) is 5.47. The number of hydrogen-bond donors (Lipinski definition) is 0. The van der Waals surface area contributed by atoms with Crippen molar-refractivity contribution in [2.24, 2.45) is 0 Å². The topological polar surface area (TPSA) is 50.1 Å². The Morgan fingerprint density at radius 3 is 2.73 bits per heavy atom. The van der Waals surface area contributed by atoms with Gasteiger partial charge in [0, 0.05) is 0 Å². The van der Waals surface area contributed by atoms with E-state index >= 15 is 0 Å². The van der Waals surface area contributed by atoms with Gasteiger partial charge in [-0.25, -0.2) is 0 Å². The van der Waals surface area contributed by atoms with Crippen LogP contribution < -0.4 is 4.74 Å². The summed E-state index contributed by atoms with van der Waals surface area (Å²) in [4.78, 5) is 11.5. The van der Waals surface area contributed by atoms with E-state index in [1.165, 1.54) is 7.11 Å². The van der Waals surface area contributed by atoms with Gasteiger partial charge in [0.05, 0.1) is 23.6 Å².